The Morgan fingerprint density at radius 2 is 1.82 bits per heavy atom. The zero-order valence-corrected chi connectivity index (χ0v) is 15.7. The molecule has 0 radical (unpaired) electrons. The Hall–Kier alpha value is -3.81. The van der Waals surface area contributed by atoms with Crippen molar-refractivity contribution < 1.29 is 9.53 Å². The highest BCUT2D eigenvalue weighted by atomic mass is 16.5. The molecule has 0 saturated heterocycles. The van der Waals surface area contributed by atoms with E-state index in [4.69, 9.17) is 4.74 Å². The van der Waals surface area contributed by atoms with Crippen molar-refractivity contribution in [3.05, 3.63) is 71.0 Å². The number of amides is 1. The molecular weight excluding hydrogens is 358 g/mol. The summed E-state index contributed by atoms with van der Waals surface area (Å²) in [5.74, 6) is 0.732. The Morgan fingerprint density at radius 1 is 1.11 bits per heavy atom. The van der Waals surface area contributed by atoms with E-state index < -0.39 is 0 Å². The highest BCUT2D eigenvalue weighted by Crippen LogP contribution is 2.28. The fourth-order valence-corrected chi connectivity index (χ4v) is 3.13. The third kappa shape index (κ3) is 2.75. The third-order valence-electron chi connectivity index (χ3n) is 4.48. The second kappa shape index (κ2) is 6.73. The van der Waals surface area contributed by atoms with Gasteiger partial charge in [0, 0.05) is 32.6 Å². The van der Waals surface area contributed by atoms with Crippen molar-refractivity contribution in [2.24, 2.45) is 0 Å². The molecule has 1 N–H and O–H groups in total. The van der Waals surface area contributed by atoms with Crippen LogP contribution in [0.5, 0.6) is 5.75 Å². The van der Waals surface area contributed by atoms with Crippen molar-refractivity contribution in [3.63, 3.8) is 0 Å². The molecule has 0 aliphatic carbocycles. The molecule has 4 rings (SSSR count). The van der Waals surface area contributed by atoms with Crippen molar-refractivity contribution >= 4 is 28.4 Å². The van der Waals surface area contributed by atoms with E-state index in [2.05, 4.69) is 9.97 Å². The number of nitrogens with zero attached hydrogens (tertiary/aromatic N) is 4. The predicted molar refractivity (Wildman–Crippen MR) is 108 cm³/mol. The average molecular weight is 377 g/mol. The molecule has 0 atom stereocenters. The molecule has 0 unspecified atom stereocenters. The number of aromatic nitrogens is 3. The molecule has 142 valence electrons. The first kappa shape index (κ1) is 17.6. The van der Waals surface area contributed by atoms with Crippen LogP contribution in [0.4, 0.5) is 5.95 Å². The number of carbonyl (C=O) groups excluding carboxylic acids is 1. The Kier molecular flexibility index (Phi) is 4.23. The Labute approximate surface area is 160 Å². The van der Waals surface area contributed by atoms with Gasteiger partial charge in [-0.1, -0.05) is 12.2 Å². The number of benzene rings is 1. The minimum atomic E-state index is -0.277. The van der Waals surface area contributed by atoms with Crippen molar-refractivity contribution in [1.82, 2.24) is 19.3 Å². The van der Waals surface area contributed by atoms with E-state index in [0.717, 1.165) is 0 Å². The summed E-state index contributed by atoms with van der Waals surface area (Å²) in [7, 11) is 4.85. The SMILES string of the molecule is COc1cc2[nH]c(=O)c3cnc(N4C=CC=CC=C4)n3c2cc1C(=O)N(C)C. The minimum absolute atomic E-state index is 0.196. The number of rotatable bonds is 3. The lowest BCUT2D eigenvalue weighted by Crippen LogP contribution is -2.23. The highest BCUT2D eigenvalue weighted by molar-refractivity contribution is 6.00. The summed E-state index contributed by atoms with van der Waals surface area (Å²) >= 11 is 0. The zero-order chi connectivity index (χ0) is 19.8. The maximum Gasteiger partial charge on any atom is 0.274 e. The molecule has 2 aromatic heterocycles. The Morgan fingerprint density at radius 3 is 2.46 bits per heavy atom. The lowest BCUT2D eigenvalue weighted by atomic mass is 10.1. The van der Waals surface area contributed by atoms with Gasteiger partial charge in [-0.25, -0.2) is 4.98 Å². The molecule has 0 fully saturated rings. The van der Waals surface area contributed by atoms with Crippen LogP contribution >= 0.6 is 0 Å². The number of hydrogen-bond donors (Lipinski definition) is 1. The quantitative estimate of drug-likeness (QED) is 0.757. The Balaban J connectivity index is 2.07. The largest absolute Gasteiger partial charge is 0.496 e. The number of fused-ring (bicyclic) bond motifs is 3. The number of methoxy groups -OCH3 is 1. The van der Waals surface area contributed by atoms with Crippen LogP contribution in [0.15, 0.2) is 59.8 Å². The van der Waals surface area contributed by atoms with Crippen LogP contribution in [0.1, 0.15) is 10.4 Å². The van der Waals surface area contributed by atoms with Crippen LogP contribution < -0.4 is 15.2 Å². The van der Waals surface area contributed by atoms with Crippen molar-refractivity contribution in [2.75, 3.05) is 26.1 Å². The monoisotopic (exact) mass is 377 g/mol. The summed E-state index contributed by atoms with van der Waals surface area (Å²) in [4.78, 5) is 35.8. The Bertz CT molecular complexity index is 1210. The smallest absolute Gasteiger partial charge is 0.274 e. The van der Waals surface area contributed by atoms with Gasteiger partial charge in [-0.3, -0.25) is 18.9 Å². The van der Waals surface area contributed by atoms with Crippen LogP contribution in [-0.4, -0.2) is 46.4 Å². The predicted octanol–water partition coefficient (Wildman–Crippen LogP) is 2.29. The van der Waals surface area contributed by atoms with E-state index >= 15 is 0 Å². The summed E-state index contributed by atoms with van der Waals surface area (Å²) in [5.41, 5.74) is 1.70. The molecule has 28 heavy (non-hydrogen) atoms. The summed E-state index contributed by atoms with van der Waals surface area (Å²) in [6.07, 6.45) is 12.8. The van der Waals surface area contributed by atoms with Gasteiger partial charge in [0.25, 0.3) is 11.5 Å². The van der Waals surface area contributed by atoms with E-state index in [1.165, 1.54) is 18.2 Å². The number of nitrogens with one attached hydrogen (secondary N) is 1. The van der Waals surface area contributed by atoms with Crippen LogP contribution in [0.3, 0.4) is 0 Å². The normalized spacial score (nSPS) is 13.3. The van der Waals surface area contributed by atoms with E-state index in [-0.39, 0.29) is 11.5 Å². The first-order valence-electron chi connectivity index (χ1n) is 8.64. The fraction of sp³-hybridized carbons (Fsp3) is 0.150. The summed E-state index contributed by atoms with van der Waals surface area (Å²) < 4.78 is 7.12. The molecule has 1 aliphatic rings. The van der Waals surface area contributed by atoms with Gasteiger partial charge in [0.1, 0.15) is 11.3 Å². The molecule has 8 heteroatoms. The number of hydrogen-bond acceptors (Lipinski definition) is 5. The third-order valence-corrected chi connectivity index (χ3v) is 4.48. The number of aromatic amines is 1. The lowest BCUT2D eigenvalue weighted by Gasteiger charge is -2.17. The van der Waals surface area contributed by atoms with Gasteiger partial charge in [0.2, 0.25) is 5.95 Å². The van der Waals surface area contributed by atoms with E-state index in [0.29, 0.717) is 33.8 Å². The van der Waals surface area contributed by atoms with Crippen molar-refractivity contribution in [1.29, 1.82) is 0 Å². The van der Waals surface area contributed by atoms with Crippen LogP contribution in [0.25, 0.3) is 16.6 Å². The molecule has 0 bridgehead atoms. The van der Waals surface area contributed by atoms with Crippen LogP contribution in [-0.2, 0) is 0 Å². The molecule has 0 spiro atoms. The van der Waals surface area contributed by atoms with Gasteiger partial charge in [0.05, 0.1) is 29.9 Å². The van der Waals surface area contributed by atoms with Crippen molar-refractivity contribution in [3.8, 4) is 5.75 Å². The van der Waals surface area contributed by atoms with Crippen LogP contribution in [0.2, 0.25) is 0 Å². The maximum atomic E-state index is 12.6. The van der Waals surface area contributed by atoms with Gasteiger partial charge in [-0.05, 0) is 18.2 Å². The van der Waals surface area contributed by atoms with E-state index in [1.807, 2.05) is 41.6 Å². The lowest BCUT2D eigenvalue weighted by molar-refractivity contribution is 0.0824. The minimum Gasteiger partial charge on any atom is -0.496 e. The second-order valence-electron chi connectivity index (χ2n) is 6.48. The van der Waals surface area contributed by atoms with Crippen LogP contribution in [0, 0.1) is 0 Å². The fourth-order valence-electron chi connectivity index (χ4n) is 3.13. The first-order chi connectivity index (χ1) is 13.5. The number of ether oxygens (including phenoxy) is 1. The van der Waals surface area contributed by atoms with Gasteiger partial charge < -0.3 is 14.6 Å². The molecule has 0 saturated carbocycles. The topological polar surface area (TPSA) is 82.9 Å². The van der Waals surface area contributed by atoms with Gasteiger partial charge in [0.15, 0.2) is 0 Å². The van der Waals surface area contributed by atoms with Gasteiger partial charge >= 0.3 is 0 Å². The summed E-state index contributed by atoms with van der Waals surface area (Å²) in [6.45, 7) is 0. The molecule has 3 aromatic rings. The molecule has 1 aliphatic heterocycles. The zero-order valence-electron chi connectivity index (χ0n) is 15.7. The number of imidazole rings is 1. The van der Waals surface area contributed by atoms with Gasteiger partial charge in [-0.15, -0.1) is 0 Å². The van der Waals surface area contributed by atoms with E-state index in [1.54, 1.807) is 30.6 Å². The van der Waals surface area contributed by atoms with Crippen molar-refractivity contribution in [2.45, 2.75) is 0 Å². The standard InChI is InChI=1S/C20H19N5O3/c1-23(2)19(27)13-10-15-14(11-17(13)28-3)22-18(26)16-12-21-20(25(15)16)24-8-6-4-5-7-9-24/h4-12H,1-3H3,(H,22,26). The number of H-pyrrole nitrogens is 1. The second-order valence-corrected chi connectivity index (χ2v) is 6.48. The highest BCUT2D eigenvalue weighted by Gasteiger charge is 2.20. The molecule has 1 aromatic carbocycles. The average Bonchev–Trinajstić information content (AvgIpc) is 2.96. The first-order valence-corrected chi connectivity index (χ1v) is 8.64. The molecular formula is C20H19N5O3. The number of anilines is 1. The summed E-state index contributed by atoms with van der Waals surface area (Å²) in [6, 6.07) is 3.38. The molecule has 3 heterocycles. The van der Waals surface area contributed by atoms with E-state index in [9.17, 15) is 9.59 Å². The summed E-state index contributed by atoms with van der Waals surface area (Å²) in [5, 5.41) is 0. The maximum absolute atomic E-state index is 12.6. The number of allylic oxidation sites excluding steroid dienone is 4. The van der Waals surface area contributed by atoms with Gasteiger partial charge in [-0.2, -0.15) is 0 Å². The molecule has 1 amide bonds. The number of carbonyl (C=O) groups is 1. The molecule has 8 nitrogen and oxygen atoms in total.